The number of aliphatic hydroxyl groups is 1. The molecule has 2 atom stereocenters. The predicted octanol–water partition coefficient (Wildman–Crippen LogP) is 2.78. The van der Waals surface area contributed by atoms with Crippen molar-refractivity contribution in [2.75, 3.05) is 18.8 Å². The molecule has 1 saturated heterocycles. The molecule has 1 amide bonds. The molecule has 0 aromatic heterocycles. The maximum absolute atomic E-state index is 12.4. The van der Waals surface area contributed by atoms with Crippen LogP contribution in [0.4, 0.5) is 0 Å². The number of likely N-dealkylation sites (tertiary alicyclic amines) is 1. The summed E-state index contributed by atoms with van der Waals surface area (Å²) in [6.45, 7) is 5.37. The van der Waals surface area contributed by atoms with Crippen molar-refractivity contribution in [1.29, 1.82) is 0 Å². The fourth-order valence-electron chi connectivity index (χ4n) is 2.51. The van der Waals surface area contributed by atoms with Crippen LogP contribution in [0.5, 0.6) is 0 Å². The van der Waals surface area contributed by atoms with E-state index in [1.165, 1.54) is 5.56 Å². The second-order valence-electron chi connectivity index (χ2n) is 5.37. The third-order valence-electron chi connectivity index (χ3n) is 3.87. The zero-order valence-electron chi connectivity index (χ0n) is 12.2. The first-order chi connectivity index (χ1) is 9.61. The van der Waals surface area contributed by atoms with Crippen LogP contribution >= 0.6 is 11.8 Å². The Balaban J connectivity index is 1.96. The SMILES string of the molecule is CCSCc1ccc(C(=O)N2CCC(C(C)O)C2)cc1. The van der Waals surface area contributed by atoms with Crippen LogP contribution in [0.1, 0.15) is 36.2 Å². The summed E-state index contributed by atoms with van der Waals surface area (Å²) in [6, 6.07) is 7.92. The lowest BCUT2D eigenvalue weighted by Gasteiger charge is -2.18. The second kappa shape index (κ2) is 7.14. The van der Waals surface area contributed by atoms with Gasteiger partial charge in [0.1, 0.15) is 0 Å². The van der Waals surface area contributed by atoms with Gasteiger partial charge in [-0.1, -0.05) is 19.1 Å². The summed E-state index contributed by atoms with van der Waals surface area (Å²) < 4.78 is 0. The number of nitrogens with zero attached hydrogens (tertiary/aromatic N) is 1. The zero-order chi connectivity index (χ0) is 14.5. The largest absolute Gasteiger partial charge is 0.393 e. The first-order valence-corrected chi connectivity index (χ1v) is 8.41. The first-order valence-electron chi connectivity index (χ1n) is 7.25. The Kier molecular flexibility index (Phi) is 5.49. The average Bonchev–Trinajstić information content (AvgIpc) is 2.95. The fourth-order valence-corrected chi connectivity index (χ4v) is 3.14. The Labute approximate surface area is 125 Å². The fraction of sp³-hybridized carbons (Fsp3) is 0.562. The van der Waals surface area contributed by atoms with E-state index in [2.05, 4.69) is 6.92 Å². The van der Waals surface area contributed by atoms with Crippen LogP contribution in [0.25, 0.3) is 0 Å². The molecule has 0 radical (unpaired) electrons. The molecule has 1 heterocycles. The molecule has 1 aromatic carbocycles. The number of benzene rings is 1. The van der Waals surface area contributed by atoms with E-state index in [1.54, 1.807) is 6.92 Å². The summed E-state index contributed by atoms with van der Waals surface area (Å²) >= 11 is 1.88. The molecule has 4 heteroatoms. The van der Waals surface area contributed by atoms with E-state index in [9.17, 15) is 9.90 Å². The lowest BCUT2D eigenvalue weighted by Crippen LogP contribution is -2.30. The van der Waals surface area contributed by atoms with Gasteiger partial charge in [-0.2, -0.15) is 11.8 Å². The van der Waals surface area contributed by atoms with Gasteiger partial charge >= 0.3 is 0 Å². The summed E-state index contributed by atoms with van der Waals surface area (Å²) in [5, 5.41) is 9.60. The highest BCUT2D eigenvalue weighted by molar-refractivity contribution is 7.98. The summed E-state index contributed by atoms with van der Waals surface area (Å²) in [4.78, 5) is 14.2. The Hall–Kier alpha value is -1.00. The Morgan fingerprint density at radius 2 is 2.15 bits per heavy atom. The number of hydrogen-bond acceptors (Lipinski definition) is 3. The predicted molar refractivity (Wildman–Crippen MR) is 84.0 cm³/mol. The highest BCUT2D eigenvalue weighted by Crippen LogP contribution is 2.22. The summed E-state index contributed by atoms with van der Waals surface area (Å²) in [6.07, 6.45) is 0.565. The molecule has 2 rings (SSSR count). The van der Waals surface area contributed by atoms with Gasteiger partial charge in [0.25, 0.3) is 5.91 Å². The Morgan fingerprint density at radius 1 is 1.45 bits per heavy atom. The zero-order valence-corrected chi connectivity index (χ0v) is 13.0. The minimum atomic E-state index is -0.332. The van der Waals surface area contributed by atoms with Crippen LogP contribution < -0.4 is 0 Å². The van der Waals surface area contributed by atoms with Crippen molar-refractivity contribution in [1.82, 2.24) is 4.90 Å². The van der Waals surface area contributed by atoms with Crippen molar-refractivity contribution in [3.63, 3.8) is 0 Å². The number of rotatable bonds is 5. The first kappa shape index (κ1) is 15.4. The molecule has 1 N–H and O–H groups in total. The van der Waals surface area contributed by atoms with Gasteiger partial charge in [0.2, 0.25) is 0 Å². The third kappa shape index (κ3) is 3.76. The molecule has 0 spiro atoms. The molecule has 0 bridgehead atoms. The van der Waals surface area contributed by atoms with Gasteiger partial charge in [-0.05, 0) is 36.8 Å². The Bertz CT molecular complexity index is 444. The van der Waals surface area contributed by atoms with Crippen LogP contribution in [0, 0.1) is 5.92 Å². The topological polar surface area (TPSA) is 40.5 Å². The number of carbonyl (C=O) groups is 1. The minimum Gasteiger partial charge on any atom is -0.393 e. The lowest BCUT2D eigenvalue weighted by molar-refractivity contribution is 0.0762. The molecule has 1 aromatic rings. The maximum Gasteiger partial charge on any atom is 0.253 e. The smallest absolute Gasteiger partial charge is 0.253 e. The normalized spacial score (nSPS) is 20.1. The molecule has 110 valence electrons. The van der Waals surface area contributed by atoms with Gasteiger partial charge < -0.3 is 10.0 Å². The van der Waals surface area contributed by atoms with Crippen LogP contribution in [-0.2, 0) is 5.75 Å². The molecule has 2 unspecified atom stereocenters. The van der Waals surface area contributed by atoms with Crippen molar-refractivity contribution in [2.24, 2.45) is 5.92 Å². The number of hydrogen-bond donors (Lipinski definition) is 1. The quantitative estimate of drug-likeness (QED) is 0.907. The number of carbonyl (C=O) groups excluding carboxylic acids is 1. The molecule has 1 aliphatic rings. The van der Waals surface area contributed by atoms with Gasteiger partial charge in [-0.15, -0.1) is 0 Å². The highest BCUT2D eigenvalue weighted by atomic mass is 32.2. The number of thioether (sulfide) groups is 1. The molecular formula is C16H23NO2S. The van der Waals surface area contributed by atoms with Crippen LogP contribution in [0.15, 0.2) is 24.3 Å². The average molecular weight is 293 g/mol. The molecule has 0 aliphatic carbocycles. The van der Waals surface area contributed by atoms with Crippen molar-refractivity contribution in [3.05, 3.63) is 35.4 Å². The van der Waals surface area contributed by atoms with Crippen LogP contribution in [0.3, 0.4) is 0 Å². The molecule has 1 fully saturated rings. The van der Waals surface area contributed by atoms with Gasteiger partial charge in [0.15, 0.2) is 0 Å². The Morgan fingerprint density at radius 3 is 2.70 bits per heavy atom. The summed E-state index contributed by atoms with van der Waals surface area (Å²) in [7, 11) is 0. The minimum absolute atomic E-state index is 0.0860. The molecule has 20 heavy (non-hydrogen) atoms. The van der Waals surface area contributed by atoms with Crippen molar-refractivity contribution < 1.29 is 9.90 Å². The summed E-state index contributed by atoms with van der Waals surface area (Å²) in [5.41, 5.74) is 2.01. The van der Waals surface area contributed by atoms with E-state index in [4.69, 9.17) is 0 Å². The second-order valence-corrected chi connectivity index (χ2v) is 6.65. The summed E-state index contributed by atoms with van der Waals surface area (Å²) in [5.74, 6) is 2.41. The number of aliphatic hydroxyl groups excluding tert-OH is 1. The van der Waals surface area contributed by atoms with Gasteiger partial charge in [-0.25, -0.2) is 0 Å². The van der Waals surface area contributed by atoms with E-state index in [-0.39, 0.29) is 17.9 Å². The lowest BCUT2D eigenvalue weighted by atomic mass is 10.0. The molecule has 1 aliphatic heterocycles. The van der Waals surface area contributed by atoms with Gasteiger partial charge in [0, 0.05) is 30.3 Å². The monoisotopic (exact) mass is 293 g/mol. The van der Waals surface area contributed by atoms with E-state index in [1.807, 2.05) is 40.9 Å². The standard InChI is InChI=1S/C16H23NO2S/c1-3-20-11-13-4-6-14(7-5-13)16(19)17-9-8-15(10-17)12(2)18/h4-7,12,15,18H,3,8-11H2,1-2H3. The third-order valence-corrected chi connectivity index (χ3v) is 4.81. The molecular weight excluding hydrogens is 270 g/mol. The van der Waals surface area contributed by atoms with E-state index < -0.39 is 0 Å². The van der Waals surface area contributed by atoms with Crippen LogP contribution in [-0.4, -0.2) is 40.9 Å². The van der Waals surface area contributed by atoms with Crippen LogP contribution in [0.2, 0.25) is 0 Å². The van der Waals surface area contributed by atoms with Crippen molar-refractivity contribution >= 4 is 17.7 Å². The maximum atomic E-state index is 12.4. The van der Waals surface area contributed by atoms with Gasteiger partial charge in [-0.3, -0.25) is 4.79 Å². The number of amides is 1. The van der Waals surface area contributed by atoms with Gasteiger partial charge in [0.05, 0.1) is 6.10 Å². The van der Waals surface area contributed by atoms with E-state index >= 15 is 0 Å². The van der Waals surface area contributed by atoms with Crippen molar-refractivity contribution in [3.8, 4) is 0 Å². The molecule has 0 saturated carbocycles. The molecule has 3 nitrogen and oxygen atoms in total. The van der Waals surface area contributed by atoms with E-state index in [0.717, 1.165) is 30.0 Å². The van der Waals surface area contributed by atoms with E-state index in [0.29, 0.717) is 6.54 Å². The highest BCUT2D eigenvalue weighted by Gasteiger charge is 2.29. The van der Waals surface area contributed by atoms with Crippen molar-refractivity contribution in [2.45, 2.75) is 32.1 Å².